The molecule has 0 saturated heterocycles. The summed E-state index contributed by atoms with van der Waals surface area (Å²) < 4.78 is 1.85. The van der Waals surface area contributed by atoms with Crippen molar-refractivity contribution in [3.63, 3.8) is 0 Å². The van der Waals surface area contributed by atoms with Crippen LogP contribution in [0.3, 0.4) is 0 Å². The third kappa shape index (κ3) is 4.56. The number of aryl methyl sites for hydroxylation is 2. The number of para-hydroxylation sites is 1. The van der Waals surface area contributed by atoms with Crippen molar-refractivity contribution in [2.24, 2.45) is 12.0 Å². The van der Waals surface area contributed by atoms with Crippen LogP contribution < -0.4 is 10.6 Å². The van der Waals surface area contributed by atoms with Gasteiger partial charge in [0.05, 0.1) is 22.7 Å². The standard InChI is InChI=1S/C17H24N6O2/c1-5-18-17(20-11-15-12(2)21-22(4)13(15)3)19-10-14-8-6-7-9-16(14)23(24)25/h6-9H,5,10-11H2,1-4H3,(H2,18,19,20). The van der Waals surface area contributed by atoms with Crippen LogP contribution in [-0.2, 0) is 20.1 Å². The molecular formula is C17H24N6O2. The average Bonchev–Trinajstić information content (AvgIpc) is 2.83. The molecule has 0 aliphatic carbocycles. The zero-order chi connectivity index (χ0) is 18.4. The molecule has 0 atom stereocenters. The van der Waals surface area contributed by atoms with E-state index < -0.39 is 0 Å². The lowest BCUT2D eigenvalue weighted by molar-refractivity contribution is -0.385. The molecule has 0 amide bonds. The zero-order valence-corrected chi connectivity index (χ0v) is 15.0. The summed E-state index contributed by atoms with van der Waals surface area (Å²) in [6.45, 7) is 7.50. The lowest BCUT2D eigenvalue weighted by atomic mass is 10.2. The molecule has 8 heteroatoms. The van der Waals surface area contributed by atoms with E-state index in [4.69, 9.17) is 0 Å². The van der Waals surface area contributed by atoms with E-state index in [1.165, 1.54) is 6.07 Å². The van der Waals surface area contributed by atoms with Crippen LogP contribution in [-0.4, -0.2) is 27.2 Å². The van der Waals surface area contributed by atoms with Crippen molar-refractivity contribution in [1.82, 2.24) is 20.4 Å². The second-order valence-corrected chi connectivity index (χ2v) is 5.71. The van der Waals surface area contributed by atoms with Crippen molar-refractivity contribution in [3.05, 3.63) is 56.9 Å². The summed E-state index contributed by atoms with van der Waals surface area (Å²) in [5, 5.41) is 21.9. The van der Waals surface area contributed by atoms with Crippen LogP contribution in [0.2, 0.25) is 0 Å². The number of guanidine groups is 1. The van der Waals surface area contributed by atoms with Gasteiger partial charge < -0.3 is 10.6 Å². The number of rotatable bonds is 6. The van der Waals surface area contributed by atoms with Crippen LogP contribution >= 0.6 is 0 Å². The van der Waals surface area contributed by atoms with Crippen LogP contribution in [0.4, 0.5) is 5.69 Å². The van der Waals surface area contributed by atoms with Gasteiger partial charge in [-0.3, -0.25) is 14.8 Å². The minimum atomic E-state index is -0.381. The maximum absolute atomic E-state index is 11.1. The molecule has 0 bridgehead atoms. The quantitative estimate of drug-likeness (QED) is 0.362. The Morgan fingerprint density at radius 2 is 2.04 bits per heavy atom. The minimum Gasteiger partial charge on any atom is -0.357 e. The van der Waals surface area contributed by atoms with E-state index in [1.807, 2.05) is 32.5 Å². The predicted octanol–water partition coefficient (Wildman–Crippen LogP) is 2.20. The van der Waals surface area contributed by atoms with Crippen molar-refractivity contribution in [2.45, 2.75) is 33.9 Å². The minimum absolute atomic E-state index is 0.0843. The Bertz CT molecular complexity index is 781. The maximum atomic E-state index is 11.1. The summed E-state index contributed by atoms with van der Waals surface area (Å²) in [6, 6.07) is 6.65. The van der Waals surface area contributed by atoms with Gasteiger partial charge in [-0.2, -0.15) is 5.10 Å². The highest BCUT2D eigenvalue weighted by molar-refractivity contribution is 5.79. The molecule has 0 radical (unpaired) electrons. The van der Waals surface area contributed by atoms with E-state index in [0.717, 1.165) is 17.0 Å². The normalized spacial score (nSPS) is 11.4. The third-order valence-electron chi connectivity index (χ3n) is 4.03. The first-order chi connectivity index (χ1) is 11.9. The molecule has 0 unspecified atom stereocenters. The van der Waals surface area contributed by atoms with Crippen molar-refractivity contribution in [3.8, 4) is 0 Å². The smallest absolute Gasteiger partial charge is 0.274 e. The lowest BCUT2D eigenvalue weighted by Gasteiger charge is -2.11. The Morgan fingerprint density at radius 3 is 2.64 bits per heavy atom. The van der Waals surface area contributed by atoms with Gasteiger partial charge in [-0.15, -0.1) is 0 Å². The van der Waals surface area contributed by atoms with Crippen LogP contribution in [0.1, 0.15) is 29.4 Å². The van der Waals surface area contributed by atoms with Crippen LogP contribution in [0.25, 0.3) is 0 Å². The summed E-state index contributed by atoms with van der Waals surface area (Å²) in [7, 11) is 1.92. The Labute approximate surface area is 147 Å². The first-order valence-corrected chi connectivity index (χ1v) is 8.17. The number of nitro benzene ring substituents is 1. The molecule has 0 saturated carbocycles. The first-order valence-electron chi connectivity index (χ1n) is 8.17. The zero-order valence-electron chi connectivity index (χ0n) is 15.0. The molecule has 2 N–H and O–H groups in total. The molecule has 0 aliphatic rings. The van der Waals surface area contributed by atoms with Crippen molar-refractivity contribution < 1.29 is 4.92 Å². The molecule has 2 rings (SSSR count). The number of nitrogens with zero attached hydrogens (tertiary/aromatic N) is 4. The predicted molar refractivity (Wildman–Crippen MR) is 97.4 cm³/mol. The monoisotopic (exact) mass is 344 g/mol. The Balaban J connectivity index is 2.12. The molecule has 8 nitrogen and oxygen atoms in total. The van der Waals surface area contributed by atoms with E-state index in [1.54, 1.807) is 18.2 Å². The number of aliphatic imine (C=N–C) groups is 1. The van der Waals surface area contributed by atoms with Gasteiger partial charge in [0.2, 0.25) is 0 Å². The van der Waals surface area contributed by atoms with Crippen molar-refractivity contribution >= 4 is 11.6 Å². The number of hydrogen-bond donors (Lipinski definition) is 2. The summed E-state index contributed by atoms with van der Waals surface area (Å²) in [5.74, 6) is 0.614. The second kappa shape index (κ2) is 8.27. The molecule has 1 heterocycles. The van der Waals surface area contributed by atoms with Crippen LogP contribution in [0.15, 0.2) is 29.3 Å². The van der Waals surface area contributed by atoms with Gasteiger partial charge in [-0.05, 0) is 20.8 Å². The second-order valence-electron chi connectivity index (χ2n) is 5.71. The molecule has 0 fully saturated rings. The van der Waals surface area contributed by atoms with Gasteiger partial charge in [0, 0.05) is 37.5 Å². The highest BCUT2D eigenvalue weighted by atomic mass is 16.6. The fourth-order valence-corrected chi connectivity index (χ4v) is 2.57. The number of aromatic nitrogens is 2. The summed E-state index contributed by atoms with van der Waals surface area (Å²) >= 11 is 0. The molecule has 0 aliphatic heterocycles. The molecule has 0 spiro atoms. The van der Waals surface area contributed by atoms with Gasteiger partial charge in [-0.25, -0.2) is 4.99 Å². The highest BCUT2D eigenvalue weighted by Gasteiger charge is 2.13. The number of hydrogen-bond acceptors (Lipinski definition) is 4. The summed E-state index contributed by atoms with van der Waals surface area (Å²) in [5.41, 5.74) is 3.86. The molecule has 2 aromatic rings. The summed E-state index contributed by atoms with van der Waals surface area (Å²) in [4.78, 5) is 15.2. The van der Waals surface area contributed by atoms with Crippen LogP contribution in [0, 0.1) is 24.0 Å². The largest absolute Gasteiger partial charge is 0.357 e. The maximum Gasteiger partial charge on any atom is 0.274 e. The fraction of sp³-hybridized carbons (Fsp3) is 0.412. The van der Waals surface area contributed by atoms with Crippen molar-refractivity contribution in [1.29, 1.82) is 0 Å². The van der Waals surface area contributed by atoms with E-state index in [2.05, 4.69) is 20.7 Å². The molecule has 25 heavy (non-hydrogen) atoms. The number of nitro groups is 1. The number of benzene rings is 1. The highest BCUT2D eigenvalue weighted by Crippen LogP contribution is 2.18. The van der Waals surface area contributed by atoms with Gasteiger partial charge in [0.1, 0.15) is 0 Å². The van der Waals surface area contributed by atoms with Gasteiger partial charge >= 0.3 is 0 Å². The van der Waals surface area contributed by atoms with E-state index in [9.17, 15) is 10.1 Å². The first kappa shape index (κ1) is 18.4. The van der Waals surface area contributed by atoms with Gasteiger partial charge in [-0.1, -0.05) is 18.2 Å². The number of nitrogens with one attached hydrogen (secondary N) is 2. The molecule has 1 aromatic heterocycles. The molecule has 1 aromatic carbocycles. The third-order valence-corrected chi connectivity index (χ3v) is 4.03. The van der Waals surface area contributed by atoms with E-state index >= 15 is 0 Å². The Kier molecular flexibility index (Phi) is 6.10. The van der Waals surface area contributed by atoms with Gasteiger partial charge in [0.15, 0.2) is 5.96 Å². The average molecular weight is 344 g/mol. The van der Waals surface area contributed by atoms with Gasteiger partial charge in [0.25, 0.3) is 5.69 Å². The molecule has 134 valence electrons. The lowest BCUT2D eigenvalue weighted by Crippen LogP contribution is -2.37. The fourth-order valence-electron chi connectivity index (χ4n) is 2.57. The SMILES string of the molecule is CCNC(=NCc1ccccc1[N+](=O)[O-])NCc1c(C)nn(C)c1C. The Hall–Kier alpha value is -2.90. The molecular weight excluding hydrogens is 320 g/mol. The van der Waals surface area contributed by atoms with E-state index in [0.29, 0.717) is 24.6 Å². The Morgan fingerprint density at radius 1 is 1.32 bits per heavy atom. The summed E-state index contributed by atoms with van der Waals surface area (Å²) in [6.07, 6.45) is 0. The van der Waals surface area contributed by atoms with E-state index in [-0.39, 0.29) is 17.2 Å². The topological polar surface area (TPSA) is 97.4 Å². The van der Waals surface area contributed by atoms with Crippen LogP contribution in [0.5, 0.6) is 0 Å². The van der Waals surface area contributed by atoms with Crippen molar-refractivity contribution in [2.75, 3.05) is 6.54 Å².